The Bertz CT molecular complexity index is 360. The van der Waals surface area contributed by atoms with Gasteiger partial charge in [0.05, 0.1) is 17.9 Å². The van der Waals surface area contributed by atoms with E-state index in [1.54, 1.807) is 6.20 Å². The highest BCUT2D eigenvalue weighted by molar-refractivity contribution is 7.99. The topological polar surface area (TPSA) is 51.8 Å². The Morgan fingerprint density at radius 1 is 1.50 bits per heavy atom. The molecule has 0 fully saturated rings. The molecule has 0 spiro atoms. The van der Waals surface area contributed by atoms with Crippen molar-refractivity contribution in [3.63, 3.8) is 0 Å². The summed E-state index contributed by atoms with van der Waals surface area (Å²) in [5.41, 5.74) is 0. The van der Waals surface area contributed by atoms with Crippen LogP contribution >= 0.6 is 35.1 Å². The summed E-state index contributed by atoms with van der Waals surface area (Å²) in [4.78, 5) is 3.91. The fourth-order valence-corrected chi connectivity index (χ4v) is 2.05. The lowest BCUT2D eigenvalue weighted by atomic mass is 10.9. The van der Waals surface area contributed by atoms with Gasteiger partial charge in [-0.1, -0.05) is 11.6 Å². The summed E-state index contributed by atoms with van der Waals surface area (Å²) < 4.78 is 12.7. The van der Waals surface area contributed by atoms with Crippen molar-refractivity contribution in [2.24, 2.45) is 0 Å². The maximum Gasteiger partial charge on any atom is 0.262 e. The van der Waals surface area contributed by atoms with Crippen LogP contribution in [0, 0.1) is 0 Å². The molecule has 0 radical (unpaired) electrons. The first kappa shape index (κ1) is 8.03. The minimum Gasteiger partial charge on any atom is -0.440 e. The molecule has 0 N–H and O–H groups in total. The van der Waals surface area contributed by atoms with Gasteiger partial charge in [-0.25, -0.2) is 4.98 Å². The smallest absolute Gasteiger partial charge is 0.262 e. The number of hydrogen-bond acceptors (Lipinski definition) is 6. The zero-order chi connectivity index (χ0) is 8.39. The summed E-state index contributed by atoms with van der Waals surface area (Å²) in [6.07, 6.45) is 3.06. The van der Waals surface area contributed by atoms with Crippen molar-refractivity contribution >= 4 is 35.1 Å². The lowest BCUT2D eigenvalue weighted by Gasteiger charge is -1.87. The molecule has 2 rings (SSSR count). The van der Waals surface area contributed by atoms with Crippen LogP contribution < -0.4 is 0 Å². The highest BCUT2D eigenvalue weighted by Crippen LogP contribution is 2.29. The molecule has 0 saturated carbocycles. The Morgan fingerprint density at radius 3 is 3.00 bits per heavy atom. The average molecular weight is 220 g/mol. The molecule has 0 atom stereocenters. The second kappa shape index (κ2) is 3.42. The quantitative estimate of drug-likeness (QED) is 0.776. The third kappa shape index (κ3) is 1.60. The molecular weight excluding hydrogens is 218 g/mol. The minimum atomic E-state index is 0.392. The van der Waals surface area contributed by atoms with Crippen LogP contribution in [0.5, 0.6) is 0 Å². The molecule has 2 aromatic rings. The maximum absolute atomic E-state index is 5.70. The summed E-state index contributed by atoms with van der Waals surface area (Å²) in [5, 5.41) is 1.54. The van der Waals surface area contributed by atoms with E-state index in [0.717, 1.165) is 11.7 Å². The molecule has 0 aromatic carbocycles. The van der Waals surface area contributed by atoms with Gasteiger partial charge < -0.3 is 4.42 Å². The summed E-state index contributed by atoms with van der Waals surface area (Å²) in [5.74, 6) is 0. The largest absolute Gasteiger partial charge is 0.440 e. The number of rotatable bonds is 2. The molecule has 0 aliphatic heterocycles. The van der Waals surface area contributed by atoms with Gasteiger partial charge in [-0.15, -0.1) is 0 Å². The molecule has 0 unspecified atom stereocenters. The van der Waals surface area contributed by atoms with Crippen LogP contribution in [-0.4, -0.2) is 13.7 Å². The maximum atomic E-state index is 5.70. The predicted molar refractivity (Wildman–Crippen MR) is 45.5 cm³/mol. The van der Waals surface area contributed by atoms with Gasteiger partial charge in [0.1, 0.15) is 6.26 Å². The normalized spacial score (nSPS) is 10.4. The van der Waals surface area contributed by atoms with E-state index in [1.807, 2.05) is 0 Å². The molecule has 2 heterocycles. The minimum absolute atomic E-state index is 0.392. The standard InChI is InChI=1S/C5H2ClN3OS2/c6-3-4(9-12-8-3)11-5-7-1-2-10-5/h1-2H. The first-order valence-electron chi connectivity index (χ1n) is 2.91. The third-order valence-electron chi connectivity index (χ3n) is 1.01. The van der Waals surface area contributed by atoms with E-state index in [2.05, 4.69) is 13.7 Å². The fraction of sp³-hybridized carbons (Fsp3) is 0. The van der Waals surface area contributed by atoms with E-state index in [-0.39, 0.29) is 0 Å². The Balaban J connectivity index is 2.20. The van der Waals surface area contributed by atoms with Crippen LogP contribution in [0.2, 0.25) is 5.15 Å². The molecule has 4 nitrogen and oxygen atoms in total. The number of nitrogens with zero attached hydrogens (tertiary/aromatic N) is 3. The molecule has 0 aliphatic rings. The summed E-state index contributed by atoms with van der Waals surface area (Å²) in [6, 6.07) is 0. The van der Waals surface area contributed by atoms with Crippen LogP contribution in [0.25, 0.3) is 0 Å². The van der Waals surface area contributed by atoms with Gasteiger partial charge in [0, 0.05) is 0 Å². The van der Waals surface area contributed by atoms with Crippen LogP contribution in [0.1, 0.15) is 0 Å². The Morgan fingerprint density at radius 2 is 2.42 bits per heavy atom. The van der Waals surface area contributed by atoms with E-state index >= 15 is 0 Å². The number of hydrogen-bond donors (Lipinski definition) is 0. The number of aromatic nitrogens is 3. The zero-order valence-corrected chi connectivity index (χ0v) is 7.99. The second-order valence-electron chi connectivity index (χ2n) is 1.76. The molecule has 2 aromatic heterocycles. The SMILES string of the molecule is Clc1nsnc1Sc1ncco1. The van der Waals surface area contributed by atoms with Crippen LogP contribution in [0.15, 0.2) is 27.1 Å². The Labute approximate surface area is 81.3 Å². The van der Waals surface area contributed by atoms with E-state index in [9.17, 15) is 0 Å². The van der Waals surface area contributed by atoms with Gasteiger partial charge in [0.2, 0.25) is 0 Å². The second-order valence-corrected chi connectivity index (χ2v) is 3.59. The molecule has 12 heavy (non-hydrogen) atoms. The van der Waals surface area contributed by atoms with Crippen molar-refractivity contribution in [1.29, 1.82) is 0 Å². The van der Waals surface area contributed by atoms with E-state index in [1.165, 1.54) is 18.0 Å². The van der Waals surface area contributed by atoms with Crippen LogP contribution in [0.3, 0.4) is 0 Å². The molecule has 62 valence electrons. The summed E-state index contributed by atoms with van der Waals surface area (Å²) in [6.45, 7) is 0. The van der Waals surface area contributed by atoms with Crippen molar-refractivity contribution in [3.8, 4) is 0 Å². The van der Waals surface area contributed by atoms with Gasteiger partial charge in [-0.2, -0.15) is 8.75 Å². The first-order chi connectivity index (χ1) is 5.86. The van der Waals surface area contributed by atoms with Crippen molar-refractivity contribution in [2.75, 3.05) is 0 Å². The predicted octanol–water partition coefficient (Wildman–Crippen LogP) is 2.33. The van der Waals surface area contributed by atoms with Gasteiger partial charge in [-0.3, -0.25) is 0 Å². The van der Waals surface area contributed by atoms with E-state index < -0.39 is 0 Å². The fourth-order valence-electron chi connectivity index (χ4n) is 0.574. The van der Waals surface area contributed by atoms with Crippen molar-refractivity contribution < 1.29 is 4.42 Å². The molecular formula is C5H2ClN3OS2. The first-order valence-corrected chi connectivity index (χ1v) is 4.84. The Hall–Kier alpha value is -0.590. The molecule has 0 amide bonds. The molecule has 0 saturated heterocycles. The highest BCUT2D eigenvalue weighted by Gasteiger charge is 2.09. The lowest BCUT2D eigenvalue weighted by Crippen LogP contribution is -1.72. The Kier molecular flexibility index (Phi) is 2.29. The van der Waals surface area contributed by atoms with Gasteiger partial charge in [0.15, 0.2) is 10.2 Å². The van der Waals surface area contributed by atoms with Crippen molar-refractivity contribution in [1.82, 2.24) is 13.7 Å². The summed E-state index contributed by atoms with van der Waals surface area (Å²) in [7, 11) is 0. The van der Waals surface area contributed by atoms with E-state index in [0.29, 0.717) is 15.4 Å². The zero-order valence-electron chi connectivity index (χ0n) is 5.60. The monoisotopic (exact) mass is 219 g/mol. The van der Waals surface area contributed by atoms with Crippen LogP contribution in [0.4, 0.5) is 0 Å². The average Bonchev–Trinajstić information content (AvgIpc) is 2.65. The molecule has 0 aliphatic carbocycles. The number of oxazole rings is 1. The van der Waals surface area contributed by atoms with Crippen molar-refractivity contribution in [2.45, 2.75) is 10.2 Å². The summed E-state index contributed by atoms with van der Waals surface area (Å²) >= 11 is 8.02. The lowest BCUT2D eigenvalue weighted by molar-refractivity contribution is 0.454. The van der Waals surface area contributed by atoms with Crippen LogP contribution in [-0.2, 0) is 0 Å². The third-order valence-corrected chi connectivity index (χ3v) is 2.99. The molecule has 0 bridgehead atoms. The highest BCUT2D eigenvalue weighted by atomic mass is 35.5. The number of halogens is 1. The van der Waals surface area contributed by atoms with Gasteiger partial charge in [-0.05, 0) is 11.8 Å². The van der Waals surface area contributed by atoms with Gasteiger partial charge >= 0.3 is 0 Å². The van der Waals surface area contributed by atoms with E-state index in [4.69, 9.17) is 16.0 Å². The van der Waals surface area contributed by atoms with Crippen molar-refractivity contribution in [3.05, 3.63) is 17.6 Å². The molecule has 7 heteroatoms. The van der Waals surface area contributed by atoms with Gasteiger partial charge in [0.25, 0.3) is 5.22 Å².